The molecule has 1 aromatic heterocycles. The van der Waals surface area contributed by atoms with Crippen molar-refractivity contribution in [2.75, 3.05) is 0 Å². The minimum atomic E-state index is 0.554. The average Bonchev–Trinajstić information content (AvgIpc) is 2.97. The molecule has 0 spiro atoms. The van der Waals surface area contributed by atoms with Gasteiger partial charge in [0.1, 0.15) is 5.82 Å². The Kier molecular flexibility index (Phi) is 3.61. The molecular weight excluding hydrogens is 246 g/mol. The number of hydrogen-bond acceptors (Lipinski definition) is 2. The Morgan fingerprint density at radius 2 is 1.75 bits per heavy atom. The van der Waals surface area contributed by atoms with E-state index in [4.69, 9.17) is 5.73 Å². The molecule has 1 heterocycles. The molecule has 3 nitrogen and oxygen atoms in total. The molecule has 0 unspecified atom stereocenters. The van der Waals surface area contributed by atoms with E-state index in [9.17, 15) is 0 Å². The third kappa shape index (κ3) is 2.78. The molecule has 0 amide bonds. The summed E-state index contributed by atoms with van der Waals surface area (Å²) in [4.78, 5) is 7.83. The molecule has 0 aliphatic carbocycles. The van der Waals surface area contributed by atoms with E-state index >= 15 is 0 Å². The van der Waals surface area contributed by atoms with Crippen LogP contribution < -0.4 is 5.73 Å². The first kappa shape index (κ1) is 12.6. The van der Waals surface area contributed by atoms with Crippen molar-refractivity contribution in [3.8, 4) is 11.3 Å². The molecule has 0 saturated carbocycles. The lowest BCUT2D eigenvalue weighted by atomic mass is 10.1. The fourth-order valence-corrected chi connectivity index (χ4v) is 2.25. The minimum absolute atomic E-state index is 0.554. The standard InChI is InChI=1S/C17H17N3/c18-11-14-7-4-8-15(9-14)16-12-19-17(20-16)10-13-5-2-1-3-6-13/h1-9,12H,10-11,18H2,(H,19,20). The first-order chi connectivity index (χ1) is 9.85. The van der Waals surface area contributed by atoms with Crippen molar-refractivity contribution in [2.45, 2.75) is 13.0 Å². The van der Waals surface area contributed by atoms with Crippen LogP contribution in [0, 0.1) is 0 Å². The van der Waals surface area contributed by atoms with Gasteiger partial charge in [0.15, 0.2) is 0 Å². The summed E-state index contributed by atoms with van der Waals surface area (Å²) in [6, 6.07) is 18.6. The molecule has 2 aromatic carbocycles. The second-order valence-corrected chi connectivity index (χ2v) is 4.81. The molecule has 0 bridgehead atoms. The molecule has 0 atom stereocenters. The van der Waals surface area contributed by atoms with Gasteiger partial charge in [-0.3, -0.25) is 0 Å². The molecule has 100 valence electrons. The van der Waals surface area contributed by atoms with Crippen molar-refractivity contribution in [1.29, 1.82) is 0 Å². The van der Waals surface area contributed by atoms with Gasteiger partial charge in [0.05, 0.1) is 11.9 Å². The highest BCUT2D eigenvalue weighted by molar-refractivity contribution is 5.59. The second kappa shape index (κ2) is 5.72. The Balaban J connectivity index is 1.83. The fraction of sp³-hybridized carbons (Fsp3) is 0.118. The van der Waals surface area contributed by atoms with E-state index in [0.29, 0.717) is 6.54 Å². The van der Waals surface area contributed by atoms with Gasteiger partial charge in [-0.15, -0.1) is 0 Å². The third-order valence-corrected chi connectivity index (χ3v) is 3.32. The highest BCUT2D eigenvalue weighted by Crippen LogP contribution is 2.19. The quantitative estimate of drug-likeness (QED) is 0.760. The molecule has 3 N–H and O–H groups in total. The molecule has 20 heavy (non-hydrogen) atoms. The third-order valence-electron chi connectivity index (χ3n) is 3.32. The second-order valence-electron chi connectivity index (χ2n) is 4.81. The minimum Gasteiger partial charge on any atom is -0.342 e. The summed E-state index contributed by atoms with van der Waals surface area (Å²) >= 11 is 0. The van der Waals surface area contributed by atoms with E-state index < -0.39 is 0 Å². The van der Waals surface area contributed by atoms with Gasteiger partial charge in [0.2, 0.25) is 0 Å². The van der Waals surface area contributed by atoms with E-state index in [0.717, 1.165) is 29.1 Å². The van der Waals surface area contributed by atoms with Gasteiger partial charge >= 0.3 is 0 Å². The van der Waals surface area contributed by atoms with Crippen molar-refractivity contribution in [3.05, 3.63) is 77.7 Å². The molecule has 0 aliphatic heterocycles. The zero-order valence-electron chi connectivity index (χ0n) is 11.2. The normalized spacial score (nSPS) is 10.7. The smallest absolute Gasteiger partial charge is 0.110 e. The van der Waals surface area contributed by atoms with Crippen LogP contribution in [0.1, 0.15) is 17.0 Å². The number of nitrogens with two attached hydrogens (primary N) is 1. The number of nitrogens with one attached hydrogen (secondary N) is 1. The van der Waals surface area contributed by atoms with Crippen molar-refractivity contribution in [2.24, 2.45) is 5.73 Å². The lowest BCUT2D eigenvalue weighted by Crippen LogP contribution is -1.95. The number of aromatic nitrogens is 2. The Morgan fingerprint density at radius 1 is 0.950 bits per heavy atom. The van der Waals surface area contributed by atoms with Crippen LogP contribution in [0.25, 0.3) is 11.3 Å². The van der Waals surface area contributed by atoms with E-state index in [1.807, 2.05) is 36.5 Å². The molecule has 0 saturated heterocycles. The van der Waals surface area contributed by atoms with E-state index in [1.165, 1.54) is 5.56 Å². The summed E-state index contributed by atoms with van der Waals surface area (Å²) in [5, 5.41) is 0. The van der Waals surface area contributed by atoms with Crippen LogP contribution in [0.15, 0.2) is 60.8 Å². The molecule has 3 aromatic rings. The van der Waals surface area contributed by atoms with Crippen molar-refractivity contribution < 1.29 is 0 Å². The lowest BCUT2D eigenvalue weighted by Gasteiger charge is -2.01. The fourth-order valence-electron chi connectivity index (χ4n) is 2.25. The summed E-state index contributed by atoms with van der Waals surface area (Å²) in [6.45, 7) is 0.554. The van der Waals surface area contributed by atoms with Crippen LogP contribution in [-0.4, -0.2) is 9.97 Å². The van der Waals surface area contributed by atoms with Gasteiger partial charge in [0, 0.05) is 13.0 Å². The number of rotatable bonds is 4. The number of hydrogen-bond donors (Lipinski definition) is 2. The molecule has 0 aliphatic rings. The predicted molar refractivity (Wildman–Crippen MR) is 81.2 cm³/mol. The Morgan fingerprint density at radius 3 is 2.55 bits per heavy atom. The first-order valence-corrected chi connectivity index (χ1v) is 6.72. The Bertz CT molecular complexity index is 686. The van der Waals surface area contributed by atoms with Crippen LogP contribution in [0.5, 0.6) is 0 Å². The van der Waals surface area contributed by atoms with Crippen molar-refractivity contribution >= 4 is 0 Å². The highest BCUT2D eigenvalue weighted by Gasteiger charge is 2.04. The number of nitrogens with zero attached hydrogens (tertiary/aromatic N) is 1. The van der Waals surface area contributed by atoms with Crippen molar-refractivity contribution in [1.82, 2.24) is 9.97 Å². The summed E-state index contributed by atoms with van der Waals surface area (Å²) in [6.07, 6.45) is 2.70. The van der Waals surface area contributed by atoms with Crippen LogP contribution in [-0.2, 0) is 13.0 Å². The Labute approximate surface area is 118 Å². The summed E-state index contributed by atoms with van der Waals surface area (Å²) in [5.74, 6) is 0.976. The predicted octanol–water partition coefficient (Wildman–Crippen LogP) is 3.13. The maximum Gasteiger partial charge on any atom is 0.110 e. The highest BCUT2D eigenvalue weighted by atomic mass is 14.9. The number of imidazole rings is 1. The van der Waals surface area contributed by atoms with Gasteiger partial charge in [-0.05, 0) is 22.8 Å². The van der Waals surface area contributed by atoms with E-state index in [1.54, 1.807) is 0 Å². The number of benzene rings is 2. The molecule has 0 radical (unpaired) electrons. The Hall–Kier alpha value is -2.39. The van der Waals surface area contributed by atoms with Crippen LogP contribution in [0.3, 0.4) is 0 Å². The van der Waals surface area contributed by atoms with E-state index in [-0.39, 0.29) is 0 Å². The largest absolute Gasteiger partial charge is 0.342 e. The summed E-state index contributed by atoms with van der Waals surface area (Å²) in [5.41, 5.74) is 10.2. The van der Waals surface area contributed by atoms with Crippen LogP contribution >= 0.6 is 0 Å². The van der Waals surface area contributed by atoms with Gasteiger partial charge in [-0.1, -0.05) is 48.5 Å². The van der Waals surface area contributed by atoms with Crippen molar-refractivity contribution in [3.63, 3.8) is 0 Å². The SMILES string of the molecule is NCc1cccc(-c2cnc(Cc3ccccc3)[nH]2)c1. The maximum absolute atomic E-state index is 5.68. The molecular formula is C17H17N3. The lowest BCUT2D eigenvalue weighted by molar-refractivity contribution is 1.03. The van der Waals surface area contributed by atoms with E-state index in [2.05, 4.69) is 34.2 Å². The van der Waals surface area contributed by atoms with Crippen LogP contribution in [0.2, 0.25) is 0 Å². The van der Waals surface area contributed by atoms with Gasteiger partial charge < -0.3 is 10.7 Å². The summed E-state index contributed by atoms with van der Waals surface area (Å²) < 4.78 is 0. The zero-order valence-corrected chi connectivity index (χ0v) is 11.2. The monoisotopic (exact) mass is 263 g/mol. The van der Waals surface area contributed by atoms with Crippen LogP contribution in [0.4, 0.5) is 0 Å². The average molecular weight is 263 g/mol. The summed E-state index contributed by atoms with van der Waals surface area (Å²) in [7, 11) is 0. The van der Waals surface area contributed by atoms with Gasteiger partial charge in [0.25, 0.3) is 0 Å². The van der Waals surface area contributed by atoms with Gasteiger partial charge in [-0.2, -0.15) is 0 Å². The molecule has 3 heteroatoms. The molecule has 3 rings (SSSR count). The first-order valence-electron chi connectivity index (χ1n) is 6.72. The topological polar surface area (TPSA) is 54.7 Å². The number of aromatic amines is 1. The molecule has 0 fully saturated rings. The van der Waals surface area contributed by atoms with Gasteiger partial charge in [-0.25, -0.2) is 4.98 Å². The zero-order chi connectivity index (χ0) is 13.8. The number of H-pyrrole nitrogens is 1. The maximum atomic E-state index is 5.68.